The van der Waals surface area contributed by atoms with Gasteiger partial charge in [0, 0.05) is 5.69 Å². The molecule has 1 spiro atoms. The minimum atomic E-state index is -0.940. The predicted octanol–water partition coefficient (Wildman–Crippen LogP) is 1.74. The van der Waals surface area contributed by atoms with Gasteiger partial charge in [0.1, 0.15) is 12.1 Å². The van der Waals surface area contributed by atoms with Gasteiger partial charge in [-0.25, -0.2) is 4.79 Å². The number of urea groups is 1. The van der Waals surface area contributed by atoms with Gasteiger partial charge in [-0.05, 0) is 36.5 Å². The topological polar surface area (TPSA) is 129 Å². The van der Waals surface area contributed by atoms with Gasteiger partial charge in [0.15, 0.2) is 6.61 Å². The Morgan fingerprint density at radius 1 is 1.30 bits per heavy atom. The van der Waals surface area contributed by atoms with Gasteiger partial charge in [0.05, 0.1) is 12.5 Å². The number of carbonyl (C=O) groups excluding carboxylic acids is 4. The van der Waals surface area contributed by atoms with Crippen molar-refractivity contribution in [1.82, 2.24) is 10.2 Å². The highest BCUT2D eigenvalue weighted by molar-refractivity contribution is 6.09. The van der Waals surface area contributed by atoms with Crippen molar-refractivity contribution < 1.29 is 23.9 Å². The molecule has 3 rings (SSSR count). The van der Waals surface area contributed by atoms with Crippen molar-refractivity contribution in [3.05, 3.63) is 29.8 Å². The van der Waals surface area contributed by atoms with Crippen LogP contribution >= 0.6 is 0 Å². The monoisotopic (exact) mass is 412 g/mol. The van der Waals surface area contributed by atoms with Crippen LogP contribution in [0.4, 0.5) is 10.5 Å². The fraction of sp³-hybridized carbons (Fsp3) is 0.476. The number of hydrogen-bond acceptors (Lipinski definition) is 6. The minimum Gasteiger partial charge on any atom is -0.454 e. The van der Waals surface area contributed by atoms with Gasteiger partial charge in [-0.3, -0.25) is 19.3 Å². The fourth-order valence-corrected chi connectivity index (χ4v) is 3.95. The summed E-state index contributed by atoms with van der Waals surface area (Å²) in [7, 11) is 0. The second-order valence-electron chi connectivity index (χ2n) is 7.68. The minimum absolute atomic E-state index is 0.00551. The highest BCUT2D eigenvalue weighted by Crippen LogP contribution is 2.38. The van der Waals surface area contributed by atoms with E-state index in [4.69, 9.17) is 10.00 Å². The molecule has 1 aromatic rings. The molecule has 0 aromatic heterocycles. The summed E-state index contributed by atoms with van der Waals surface area (Å²) in [5.74, 6) is -1.79. The van der Waals surface area contributed by atoms with E-state index in [9.17, 15) is 19.2 Å². The zero-order chi connectivity index (χ0) is 21.7. The molecule has 1 saturated heterocycles. The number of ether oxygens (including phenoxy) is 1. The number of hydrogen-bond donors (Lipinski definition) is 2. The summed E-state index contributed by atoms with van der Waals surface area (Å²) in [6.07, 6.45) is 3.51. The number of benzene rings is 1. The highest BCUT2D eigenvalue weighted by Gasteiger charge is 2.55. The van der Waals surface area contributed by atoms with Crippen molar-refractivity contribution >= 4 is 29.5 Å². The van der Waals surface area contributed by atoms with E-state index >= 15 is 0 Å². The second-order valence-corrected chi connectivity index (χ2v) is 7.68. The van der Waals surface area contributed by atoms with Crippen molar-refractivity contribution in [3.8, 4) is 6.07 Å². The van der Waals surface area contributed by atoms with Crippen molar-refractivity contribution in [2.24, 2.45) is 5.92 Å². The van der Waals surface area contributed by atoms with Crippen LogP contribution in [0.25, 0.3) is 0 Å². The Bertz CT molecular complexity index is 892. The summed E-state index contributed by atoms with van der Waals surface area (Å²) in [5, 5.41) is 14.0. The molecule has 1 aliphatic carbocycles. The zero-order valence-corrected chi connectivity index (χ0v) is 16.8. The lowest BCUT2D eigenvalue weighted by atomic mass is 9.73. The van der Waals surface area contributed by atoms with Gasteiger partial charge in [-0.15, -0.1) is 0 Å². The first-order chi connectivity index (χ1) is 14.4. The maximum absolute atomic E-state index is 12.8. The maximum Gasteiger partial charge on any atom is 0.326 e. The van der Waals surface area contributed by atoms with E-state index in [0.717, 1.165) is 29.7 Å². The van der Waals surface area contributed by atoms with Gasteiger partial charge in [-0.2, -0.15) is 5.26 Å². The lowest BCUT2D eigenvalue weighted by molar-refractivity contribution is -0.150. The Balaban J connectivity index is 1.49. The molecule has 2 aliphatic rings. The molecule has 0 radical (unpaired) electrons. The normalized spacial score (nSPS) is 23.1. The quantitative estimate of drug-likeness (QED) is 0.541. The average molecular weight is 412 g/mol. The molecule has 0 bridgehead atoms. The summed E-state index contributed by atoms with van der Waals surface area (Å²) in [6.45, 7) is 0.857. The Hall–Kier alpha value is -3.41. The number of carbonyl (C=O) groups is 4. The number of nitrogens with zero attached hydrogens (tertiary/aromatic N) is 2. The number of imide groups is 1. The van der Waals surface area contributed by atoms with Gasteiger partial charge < -0.3 is 15.4 Å². The van der Waals surface area contributed by atoms with Crippen LogP contribution in [0.15, 0.2) is 24.3 Å². The van der Waals surface area contributed by atoms with E-state index in [1.807, 2.05) is 13.0 Å². The van der Waals surface area contributed by atoms with Crippen LogP contribution in [0.1, 0.15) is 38.2 Å². The standard InChI is InChI=1S/C21H24N4O5/c1-14-4-2-3-10-21(14)19(28)25(20(29)24-21)12-18(27)30-13-17(26)23-16-7-5-15(6-8-16)9-11-22/h5-8,14H,2-4,9-10,12-13H2,1H3,(H,23,26)(H,24,29)/t14-,21+/m1/s1. The van der Waals surface area contributed by atoms with Crippen molar-refractivity contribution in [3.63, 3.8) is 0 Å². The van der Waals surface area contributed by atoms with Gasteiger partial charge in [0.2, 0.25) is 0 Å². The van der Waals surface area contributed by atoms with E-state index in [1.54, 1.807) is 24.3 Å². The molecule has 9 heteroatoms. The van der Waals surface area contributed by atoms with Crippen LogP contribution in [-0.2, 0) is 25.5 Å². The molecule has 1 saturated carbocycles. The van der Waals surface area contributed by atoms with Crippen LogP contribution < -0.4 is 10.6 Å². The summed E-state index contributed by atoms with van der Waals surface area (Å²) >= 11 is 0. The van der Waals surface area contributed by atoms with Gasteiger partial charge >= 0.3 is 12.0 Å². The number of nitriles is 1. The first-order valence-electron chi connectivity index (χ1n) is 9.91. The highest BCUT2D eigenvalue weighted by atomic mass is 16.5. The van der Waals surface area contributed by atoms with E-state index in [1.165, 1.54) is 0 Å². The summed E-state index contributed by atoms with van der Waals surface area (Å²) < 4.78 is 4.93. The third-order valence-corrected chi connectivity index (χ3v) is 5.67. The molecule has 2 N–H and O–H groups in total. The number of esters is 1. The molecule has 0 unspecified atom stereocenters. The van der Waals surface area contributed by atoms with E-state index in [0.29, 0.717) is 12.1 Å². The van der Waals surface area contributed by atoms with Crippen LogP contribution in [0.5, 0.6) is 0 Å². The largest absolute Gasteiger partial charge is 0.454 e. The second kappa shape index (κ2) is 8.95. The van der Waals surface area contributed by atoms with Crippen molar-refractivity contribution in [2.45, 2.75) is 44.6 Å². The Labute approximate surface area is 174 Å². The van der Waals surface area contributed by atoms with E-state index in [2.05, 4.69) is 10.6 Å². The number of amides is 4. The van der Waals surface area contributed by atoms with Gasteiger partial charge in [-0.1, -0.05) is 31.9 Å². The fourth-order valence-electron chi connectivity index (χ4n) is 3.95. The maximum atomic E-state index is 12.8. The molecule has 1 heterocycles. The van der Waals surface area contributed by atoms with Crippen LogP contribution in [0.2, 0.25) is 0 Å². The third-order valence-electron chi connectivity index (χ3n) is 5.67. The number of anilines is 1. The van der Waals surface area contributed by atoms with E-state index in [-0.39, 0.29) is 12.3 Å². The molecule has 4 amide bonds. The van der Waals surface area contributed by atoms with Crippen LogP contribution in [0.3, 0.4) is 0 Å². The van der Waals surface area contributed by atoms with E-state index < -0.39 is 42.5 Å². The van der Waals surface area contributed by atoms with Crippen LogP contribution in [-0.4, -0.2) is 47.4 Å². The van der Waals surface area contributed by atoms with Crippen LogP contribution in [0, 0.1) is 17.2 Å². The first-order valence-corrected chi connectivity index (χ1v) is 9.91. The molecule has 9 nitrogen and oxygen atoms in total. The summed E-state index contributed by atoms with van der Waals surface area (Å²) in [5.41, 5.74) is 0.380. The molecule has 2 atom stereocenters. The summed E-state index contributed by atoms with van der Waals surface area (Å²) in [6, 6.07) is 8.14. The molecular formula is C21H24N4O5. The average Bonchev–Trinajstić information content (AvgIpc) is 2.95. The molecular weight excluding hydrogens is 388 g/mol. The molecule has 1 aromatic carbocycles. The number of nitrogens with one attached hydrogen (secondary N) is 2. The van der Waals surface area contributed by atoms with Gasteiger partial charge in [0.25, 0.3) is 11.8 Å². The lowest BCUT2D eigenvalue weighted by Crippen LogP contribution is -2.54. The molecule has 158 valence electrons. The lowest BCUT2D eigenvalue weighted by Gasteiger charge is -2.36. The Kier molecular flexibility index (Phi) is 6.35. The molecule has 2 fully saturated rings. The van der Waals surface area contributed by atoms with Crippen molar-refractivity contribution in [2.75, 3.05) is 18.5 Å². The molecule has 30 heavy (non-hydrogen) atoms. The third kappa shape index (κ3) is 4.43. The predicted molar refractivity (Wildman–Crippen MR) is 106 cm³/mol. The Morgan fingerprint density at radius 3 is 2.70 bits per heavy atom. The number of rotatable bonds is 6. The first kappa shape index (κ1) is 21.3. The smallest absolute Gasteiger partial charge is 0.326 e. The SMILES string of the molecule is C[C@@H]1CCCC[C@]12NC(=O)N(CC(=O)OCC(=O)Nc1ccc(CC#N)cc1)C2=O. The zero-order valence-electron chi connectivity index (χ0n) is 16.8. The molecule has 1 aliphatic heterocycles. The Morgan fingerprint density at radius 2 is 2.03 bits per heavy atom. The summed E-state index contributed by atoms with van der Waals surface area (Å²) in [4.78, 5) is 50.1. The van der Waals surface area contributed by atoms with Crippen molar-refractivity contribution in [1.29, 1.82) is 5.26 Å².